The minimum Gasteiger partial charge on any atom is -0.332 e. The van der Waals surface area contributed by atoms with Gasteiger partial charge in [-0.25, -0.2) is 15.0 Å². The van der Waals surface area contributed by atoms with Crippen LogP contribution in [0, 0.1) is 0 Å². The summed E-state index contributed by atoms with van der Waals surface area (Å²) in [4.78, 5) is 16.5. The van der Waals surface area contributed by atoms with Gasteiger partial charge in [0.05, 0.1) is 0 Å². The predicted molar refractivity (Wildman–Crippen MR) is 64.3 cm³/mol. The van der Waals surface area contributed by atoms with Gasteiger partial charge in [0, 0.05) is 24.3 Å². The third-order valence-electron chi connectivity index (χ3n) is 2.14. The number of hydrogen-bond acceptors (Lipinski definition) is 8. The van der Waals surface area contributed by atoms with Crippen LogP contribution in [0.5, 0.6) is 0 Å². The Kier molecular flexibility index (Phi) is 2.79. The van der Waals surface area contributed by atoms with Crippen LogP contribution in [0.25, 0.3) is 23.2 Å². The molecule has 7 nitrogen and oxygen atoms in total. The highest BCUT2D eigenvalue weighted by Crippen LogP contribution is 2.21. The smallest absolute Gasteiger partial charge is 0.277 e. The van der Waals surface area contributed by atoms with Crippen LogP contribution in [0.1, 0.15) is 5.01 Å². The number of rotatable bonds is 3. The van der Waals surface area contributed by atoms with E-state index in [0.29, 0.717) is 29.8 Å². The van der Waals surface area contributed by atoms with Gasteiger partial charge in [-0.3, -0.25) is 0 Å². The summed E-state index contributed by atoms with van der Waals surface area (Å²) in [5.41, 5.74) is 6.12. The van der Waals surface area contributed by atoms with Crippen molar-refractivity contribution in [3.63, 3.8) is 0 Å². The largest absolute Gasteiger partial charge is 0.332 e. The van der Waals surface area contributed by atoms with Gasteiger partial charge < -0.3 is 10.3 Å². The summed E-state index contributed by atoms with van der Waals surface area (Å²) < 4.78 is 5.13. The first-order chi connectivity index (χ1) is 8.86. The summed E-state index contributed by atoms with van der Waals surface area (Å²) in [6.45, 7) is 0.396. The molecule has 0 aliphatic heterocycles. The van der Waals surface area contributed by atoms with E-state index in [4.69, 9.17) is 10.3 Å². The van der Waals surface area contributed by atoms with Crippen LogP contribution < -0.4 is 5.73 Å². The van der Waals surface area contributed by atoms with E-state index >= 15 is 0 Å². The van der Waals surface area contributed by atoms with Gasteiger partial charge in [0.1, 0.15) is 10.7 Å². The third kappa shape index (κ3) is 1.98. The zero-order valence-electron chi connectivity index (χ0n) is 9.15. The summed E-state index contributed by atoms with van der Waals surface area (Å²) in [5.74, 6) is 1.10. The van der Waals surface area contributed by atoms with Crippen LogP contribution in [0.3, 0.4) is 0 Å². The molecule has 0 atom stereocenters. The van der Waals surface area contributed by atoms with E-state index in [1.54, 1.807) is 18.5 Å². The van der Waals surface area contributed by atoms with Crippen molar-refractivity contribution < 1.29 is 4.52 Å². The van der Waals surface area contributed by atoms with Crippen molar-refractivity contribution in [1.29, 1.82) is 0 Å². The molecule has 0 bridgehead atoms. The molecule has 0 saturated heterocycles. The van der Waals surface area contributed by atoms with Crippen molar-refractivity contribution >= 4 is 11.3 Å². The van der Waals surface area contributed by atoms with Gasteiger partial charge in [-0.05, 0) is 6.07 Å². The molecule has 3 heterocycles. The third-order valence-corrected chi connectivity index (χ3v) is 3.01. The van der Waals surface area contributed by atoms with E-state index in [1.807, 2.05) is 5.38 Å². The second-order valence-corrected chi connectivity index (χ2v) is 4.27. The van der Waals surface area contributed by atoms with Gasteiger partial charge in [0.15, 0.2) is 0 Å². The molecule has 0 amide bonds. The number of aromatic nitrogens is 5. The first-order valence-corrected chi connectivity index (χ1v) is 6.00. The fourth-order valence-electron chi connectivity index (χ4n) is 1.34. The van der Waals surface area contributed by atoms with Gasteiger partial charge in [-0.2, -0.15) is 4.98 Å². The Morgan fingerprint density at radius 1 is 1.17 bits per heavy atom. The highest BCUT2D eigenvalue weighted by molar-refractivity contribution is 7.09. The van der Waals surface area contributed by atoms with Crippen molar-refractivity contribution in [3.05, 3.63) is 28.8 Å². The van der Waals surface area contributed by atoms with E-state index in [1.165, 1.54) is 11.3 Å². The summed E-state index contributed by atoms with van der Waals surface area (Å²) in [7, 11) is 0. The minimum atomic E-state index is 0.341. The lowest BCUT2D eigenvalue weighted by Crippen LogP contribution is -1.94. The number of nitrogens with two attached hydrogens (primary N) is 1. The summed E-state index contributed by atoms with van der Waals surface area (Å²) >= 11 is 1.45. The second kappa shape index (κ2) is 4.59. The van der Waals surface area contributed by atoms with Gasteiger partial charge >= 0.3 is 0 Å². The molecule has 18 heavy (non-hydrogen) atoms. The average molecular weight is 260 g/mol. The Hall–Kier alpha value is -2.19. The van der Waals surface area contributed by atoms with Gasteiger partial charge in [0.25, 0.3) is 5.89 Å². The molecular weight excluding hydrogens is 252 g/mol. The SMILES string of the molecule is NCc1nc(-c2nc(-c3ncccn3)no2)cs1. The van der Waals surface area contributed by atoms with Crippen molar-refractivity contribution in [2.75, 3.05) is 0 Å². The van der Waals surface area contributed by atoms with Crippen molar-refractivity contribution in [2.24, 2.45) is 5.73 Å². The van der Waals surface area contributed by atoms with E-state index in [0.717, 1.165) is 5.01 Å². The van der Waals surface area contributed by atoms with E-state index in [9.17, 15) is 0 Å². The van der Waals surface area contributed by atoms with Crippen molar-refractivity contribution in [3.8, 4) is 23.2 Å². The van der Waals surface area contributed by atoms with Crippen LogP contribution >= 0.6 is 11.3 Å². The maximum absolute atomic E-state index is 5.50. The average Bonchev–Trinajstić information content (AvgIpc) is 3.08. The highest BCUT2D eigenvalue weighted by atomic mass is 32.1. The molecule has 8 heteroatoms. The number of nitrogens with zero attached hydrogens (tertiary/aromatic N) is 5. The van der Waals surface area contributed by atoms with Gasteiger partial charge in [0.2, 0.25) is 11.6 Å². The molecule has 3 aromatic rings. The summed E-state index contributed by atoms with van der Waals surface area (Å²) in [5, 5.41) is 6.47. The zero-order valence-corrected chi connectivity index (χ0v) is 9.96. The van der Waals surface area contributed by atoms with Crippen LogP contribution in [0.2, 0.25) is 0 Å². The lowest BCUT2D eigenvalue weighted by Gasteiger charge is -1.88. The Morgan fingerprint density at radius 3 is 2.72 bits per heavy atom. The number of thiazole rings is 1. The van der Waals surface area contributed by atoms with E-state index in [2.05, 4.69) is 25.1 Å². The first kappa shape index (κ1) is 10.9. The second-order valence-electron chi connectivity index (χ2n) is 3.33. The van der Waals surface area contributed by atoms with Crippen LogP contribution in [0.15, 0.2) is 28.4 Å². The zero-order chi connectivity index (χ0) is 12.4. The van der Waals surface area contributed by atoms with Crippen molar-refractivity contribution in [1.82, 2.24) is 25.1 Å². The standard InChI is InChI=1S/C10H8N6OS/c11-4-7-14-6(5-18-7)10-15-9(16-17-10)8-12-2-1-3-13-8/h1-3,5H,4,11H2. The molecule has 3 aromatic heterocycles. The van der Waals surface area contributed by atoms with Crippen LogP contribution in [-0.2, 0) is 6.54 Å². The summed E-state index contributed by atoms with van der Waals surface area (Å²) in [6.07, 6.45) is 3.24. The van der Waals surface area contributed by atoms with Gasteiger partial charge in [-0.15, -0.1) is 11.3 Å². The molecule has 0 aromatic carbocycles. The van der Waals surface area contributed by atoms with Crippen LogP contribution in [0.4, 0.5) is 0 Å². The molecule has 0 radical (unpaired) electrons. The topological polar surface area (TPSA) is 104 Å². The first-order valence-electron chi connectivity index (χ1n) is 5.13. The Bertz CT molecular complexity index is 649. The molecule has 0 unspecified atom stereocenters. The minimum absolute atomic E-state index is 0.341. The molecule has 0 saturated carbocycles. The lowest BCUT2D eigenvalue weighted by molar-refractivity contribution is 0.430. The maximum atomic E-state index is 5.50. The quantitative estimate of drug-likeness (QED) is 0.752. The Morgan fingerprint density at radius 2 is 2.00 bits per heavy atom. The molecular formula is C10H8N6OS. The molecule has 0 aliphatic carbocycles. The molecule has 3 rings (SSSR count). The normalized spacial score (nSPS) is 10.7. The molecule has 90 valence electrons. The fourth-order valence-corrected chi connectivity index (χ4v) is 1.98. The van der Waals surface area contributed by atoms with Gasteiger partial charge in [-0.1, -0.05) is 5.16 Å². The molecule has 0 aliphatic rings. The van der Waals surface area contributed by atoms with Crippen molar-refractivity contribution in [2.45, 2.75) is 6.54 Å². The Labute approximate surface area is 106 Å². The predicted octanol–water partition coefficient (Wildman–Crippen LogP) is 1.11. The lowest BCUT2D eigenvalue weighted by atomic mass is 10.5. The van der Waals surface area contributed by atoms with Crippen LogP contribution in [-0.4, -0.2) is 25.1 Å². The monoisotopic (exact) mass is 260 g/mol. The van der Waals surface area contributed by atoms with E-state index in [-0.39, 0.29) is 0 Å². The molecule has 2 N–H and O–H groups in total. The fraction of sp³-hybridized carbons (Fsp3) is 0.100. The maximum Gasteiger partial charge on any atom is 0.277 e. The summed E-state index contributed by atoms with van der Waals surface area (Å²) in [6, 6.07) is 1.72. The number of hydrogen-bond donors (Lipinski definition) is 1. The molecule has 0 fully saturated rings. The molecule has 0 spiro atoms. The highest BCUT2D eigenvalue weighted by Gasteiger charge is 2.14. The van der Waals surface area contributed by atoms with E-state index < -0.39 is 0 Å². The Balaban J connectivity index is 1.94.